The maximum atomic E-state index is 4.80. The van der Waals surface area contributed by atoms with Crippen LogP contribution >= 0.6 is 0 Å². The summed E-state index contributed by atoms with van der Waals surface area (Å²) in [5.41, 5.74) is 0. The Balaban J connectivity index is 0. The van der Waals surface area contributed by atoms with Crippen LogP contribution in [0.25, 0.3) is 0 Å². The van der Waals surface area contributed by atoms with Crippen molar-refractivity contribution in [2.75, 3.05) is 0 Å². The Morgan fingerprint density at radius 3 is 1.25 bits per heavy atom. The topological polar surface area (TPSA) is 0 Å². The zero-order valence-corrected chi connectivity index (χ0v) is 4.11. The first-order valence-electron chi connectivity index (χ1n) is 0.577. The molecule has 0 nitrogen and oxygen atoms in total. The van der Waals surface area contributed by atoms with Crippen molar-refractivity contribution in [1.82, 2.24) is 0 Å². The van der Waals surface area contributed by atoms with Gasteiger partial charge in [-0.2, -0.15) is 0 Å². The molecule has 4 heteroatoms. The quantitative estimate of drug-likeness (QED) is 0.331. The van der Waals surface area contributed by atoms with Crippen LogP contribution in [0, 0.1) is 0 Å². The minimum absolute atomic E-state index is 0. The van der Waals surface area contributed by atoms with Crippen LogP contribution in [0.5, 0.6) is 0 Å². The summed E-state index contributed by atoms with van der Waals surface area (Å²) in [5.74, 6) is 0. The van der Waals surface area contributed by atoms with Crippen LogP contribution in [0.3, 0.4) is 0 Å². The molecule has 0 N–H and O–H groups in total. The molecule has 0 amide bonds. The van der Waals surface area contributed by atoms with E-state index in [1.165, 1.54) is 0 Å². The average molecular weight is 127 g/mol. The molecule has 0 heterocycles. The van der Waals surface area contributed by atoms with Gasteiger partial charge in [0.2, 0.25) is 0 Å². The molecule has 0 spiro atoms. The molecule has 0 rings (SSSR count). The van der Waals surface area contributed by atoms with E-state index in [2.05, 4.69) is 0 Å². The third-order valence-electron chi connectivity index (χ3n) is 0. The van der Waals surface area contributed by atoms with Crippen molar-refractivity contribution in [3.05, 3.63) is 0 Å². The van der Waals surface area contributed by atoms with E-state index in [-0.39, 0.29) is 8.41 Å². The van der Waals surface area contributed by atoms with E-state index in [0.29, 0.717) is 0 Å². The maximum absolute atomic E-state index is 4.80. The predicted molar refractivity (Wildman–Crippen MR) is 21.4 cm³/mol. The van der Waals surface area contributed by atoms with Crippen molar-refractivity contribution in [2.24, 2.45) is 0 Å². The Bertz CT molecular complexity index is 76.4. The molecule has 0 aliphatic rings. The van der Waals surface area contributed by atoms with Gasteiger partial charge < -0.3 is 0 Å². The second-order valence-electron chi connectivity index (χ2n) is 0.167. The Hall–Kier alpha value is 1.08. The summed E-state index contributed by atoms with van der Waals surface area (Å²) in [7, 11) is 0. The first-order valence-corrected chi connectivity index (χ1v) is 3.42. The van der Waals surface area contributed by atoms with E-state index >= 15 is 0 Å². The summed E-state index contributed by atoms with van der Waals surface area (Å²) in [5, 5.41) is 0. The molecule has 0 aromatic heterocycles. The fourth-order valence-electron chi connectivity index (χ4n) is 0. The van der Waals surface area contributed by atoms with Crippen LogP contribution in [0.4, 0.5) is 0 Å². The van der Waals surface area contributed by atoms with Gasteiger partial charge in [-0.15, -0.1) is 0 Å². The number of rotatable bonds is 0. The van der Waals surface area contributed by atoms with Gasteiger partial charge >= 0.3 is 30.8 Å². The van der Waals surface area contributed by atoms with Gasteiger partial charge in [-0.1, -0.05) is 0 Å². The molecule has 0 bridgehead atoms. The van der Waals surface area contributed by atoms with E-state index in [9.17, 15) is 0 Å². The summed E-state index contributed by atoms with van der Waals surface area (Å²) in [6, 6.07) is 0. The summed E-state index contributed by atoms with van der Waals surface area (Å²) >= 11 is -0.770. The van der Waals surface area contributed by atoms with Crippen LogP contribution in [-0.2, 0) is 21.3 Å². The van der Waals surface area contributed by atoms with E-state index in [4.69, 9.17) is 9.45 Å². The van der Waals surface area contributed by atoms with Gasteiger partial charge in [-0.05, 0) is 0 Å². The first kappa shape index (κ1) is 8.91. The van der Waals surface area contributed by atoms with Gasteiger partial charge in [0.25, 0.3) is 0 Å². The molecule has 0 fully saturated rings. The van der Waals surface area contributed by atoms with E-state index < -0.39 is 21.3 Å². The third kappa shape index (κ3) is 11.4. The Morgan fingerprint density at radius 1 is 1.25 bits per heavy atom. The monoisotopic (exact) mass is 126 g/mol. The van der Waals surface area contributed by atoms with Crippen molar-refractivity contribution in [2.45, 2.75) is 0 Å². The fraction of sp³-hybridized carbons (Fsp3) is 0. The predicted octanol–water partition coefficient (Wildman–Crippen LogP) is -1.95. The molecule has 4 heavy (non-hydrogen) atoms. The Labute approximate surface area is 39.3 Å². The normalized spacial score (nSPS) is 6.00. The molecule has 0 saturated heterocycles. The molecular weight excluding hydrogens is 124 g/mol. The van der Waals surface area contributed by atoms with Crippen LogP contribution < -0.4 is 0 Å². The Morgan fingerprint density at radius 2 is 1.25 bits per heavy atom. The molecule has 0 aromatic rings. The van der Waals surface area contributed by atoms with Gasteiger partial charge in [0.05, 0.1) is 8.41 Å². The zero-order chi connectivity index (χ0) is 2.71. The molecule has 0 atom stereocenters. The molecule has 0 aromatic carbocycles. The van der Waals surface area contributed by atoms with Crippen LogP contribution in [0.15, 0.2) is 0 Å². The van der Waals surface area contributed by atoms with Crippen LogP contribution in [0.1, 0.15) is 0 Å². The van der Waals surface area contributed by atoms with Gasteiger partial charge in [0.1, 0.15) is 0 Å². The minimum atomic E-state index is -0.770. The van der Waals surface area contributed by atoms with Crippen molar-refractivity contribution in [1.29, 1.82) is 0 Å². The SMILES string of the molecule is B.[B]#[Zr]#[B]. The van der Waals surface area contributed by atoms with Gasteiger partial charge in [-0.3, -0.25) is 0 Å². The second-order valence-corrected chi connectivity index (χ2v) is 0.986. The van der Waals surface area contributed by atoms with Crippen molar-refractivity contribution >= 4 is 17.9 Å². The zero-order valence-electron chi connectivity index (χ0n) is 1.65. The van der Waals surface area contributed by atoms with Crippen molar-refractivity contribution < 1.29 is 21.3 Å². The fourth-order valence-corrected chi connectivity index (χ4v) is 0. The summed E-state index contributed by atoms with van der Waals surface area (Å²) in [4.78, 5) is 0. The number of hydrogen-bond donors (Lipinski definition) is 0. The van der Waals surface area contributed by atoms with E-state index in [1.807, 2.05) is 0 Å². The standard InChI is InChI=1S/BH3.2B.Zr/h1H3;;;. The van der Waals surface area contributed by atoms with Crippen LogP contribution in [-0.4, -0.2) is 17.9 Å². The third-order valence-corrected chi connectivity index (χ3v) is 0. The van der Waals surface area contributed by atoms with E-state index in [0.717, 1.165) is 0 Å². The van der Waals surface area contributed by atoms with Crippen LogP contribution in [0.2, 0.25) is 0 Å². The van der Waals surface area contributed by atoms with Gasteiger partial charge in [0.15, 0.2) is 0 Å². The molecule has 0 saturated carbocycles. The summed E-state index contributed by atoms with van der Waals surface area (Å²) < 4.78 is 9.59. The number of hydrogen-bond acceptors (Lipinski definition) is 0. The molecule has 0 aliphatic carbocycles. The molecule has 16 valence electrons. The average Bonchev–Trinajstić information content (AvgIpc) is 0.918. The van der Waals surface area contributed by atoms with Crippen molar-refractivity contribution in [3.63, 3.8) is 0 Å². The molecule has 0 radical (unpaired) electrons. The molecular formula is H3B3Zr. The van der Waals surface area contributed by atoms with Gasteiger partial charge in [0, 0.05) is 0 Å². The van der Waals surface area contributed by atoms with Crippen molar-refractivity contribution in [3.8, 4) is 0 Å². The first-order chi connectivity index (χ1) is 1.41. The van der Waals surface area contributed by atoms with E-state index in [1.54, 1.807) is 0 Å². The molecule has 0 unspecified atom stereocenters. The second kappa shape index (κ2) is 8.95. The molecule has 0 aliphatic heterocycles. The Kier molecular flexibility index (Phi) is 19.9. The summed E-state index contributed by atoms with van der Waals surface area (Å²) in [6.45, 7) is 0. The van der Waals surface area contributed by atoms with Gasteiger partial charge in [-0.25, -0.2) is 0 Å². The summed E-state index contributed by atoms with van der Waals surface area (Å²) in [6.07, 6.45) is 0.